The molecular formula is C15H10BrNO. The number of hydrogen-bond acceptors (Lipinski definition) is 2. The first-order chi connectivity index (χ1) is 8.84. The lowest BCUT2D eigenvalue weighted by atomic mass is 10.1. The third-order valence-corrected chi connectivity index (χ3v) is 3.41. The highest BCUT2D eigenvalue weighted by atomic mass is 79.9. The number of rotatable bonds is 2. The monoisotopic (exact) mass is 299 g/mol. The van der Waals surface area contributed by atoms with Gasteiger partial charge in [-0.25, -0.2) is 0 Å². The van der Waals surface area contributed by atoms with Crippen LogP contribution in [-0.4, -0.2) is 5.16 Å². The van der Waals surface area contributed by atoms with Crippen molar-refractivity contribution in [3.05, 3.63) is 65.1 Å². The first kappa shape index (κ1) is 11.2. The Bertz CT molecular complexity index is 661. The lowest BCUT2D eigenvalue weighted by Gasteiger charge is -1.97. The smallest absolute Gasteiger partial charge is 0.167 e. The van der Waals surface area contributed by atoms with E-state index in [4.69, 9.17) is 4.52 Å². The summed E-state index contributed by atoms with van der Waals surface area (Å²) in [6, 6.07) is 19.9. The van der Waals surface area contributed by atoms with Crippen LogP contribution in [0.4, 0.5) is 0 Å². The van der Waals surface area contributed by atoms with Gasteiger partial charge in [-0.3, -0.25) is 0 Å². The molecule has 88 valence electrons. The van der Waals surface area contributed by atoms with Crippen molar-refractivity contribution >= 4 is 15.9 Å². The van der Waals surface area contributed by atoms with Crippen LogP contribution in [0.15, 0.2) is 69.7 Å². The van der Waals surface area contributed by atoms with Crippen molar-refractivity contribution in [1.82, 2.24) is 5.16 Å². The van der Waals surface area contributed by atoms with Crippen LogP contribution < -0.4 is 0 Å². The molecule has 1 aromatic heterocycles. The fourth-order valence-electron chi connectivity index (χ4n) is 1.81. The first-order valence-corrected chi connectivity index (χ1v) is 6.41. The second-order valence-corrected chi connectivity index (χ2v) is 4.78. The molecule has 0 aliphatic rings. The molecule has 0 N–H and O–H groups in total. The molecule has 18 heavy (non-hydrogen) atoms. The summed E-state index contributed by atoms with van der Waals surface area (Å²) in [5.41, 5.74) is 2.90. The highest BCUT2D eigenvalue weighted by molar-refractivity contribution is 9.10. The first-order valence-electron chi connectivity index (χ1n) is 5.61. The third-order valence-electron chi connectivity index (χ3n) is 2.72. The second-order valence-electron chi connectivity index (χ2n) is 3.92. The molecule has 0 unspecified atom stereocenters. The molecule has 0 amide bonds. The maximum Gasteiger partial charge on any atom is 0.167 e. The highest BCUT2D eigenvalue weighted by Crippen LogP contribution is 2.30. The average Bonchev–Trinajstić information content (AvgIpc) is 2.90. The summed E-state index contributed by atoms with van der Waals surface area (Å²) in [7, 11) is 0. The third kappa shape index (κ3) is 2.09. The minimum Gasteiger partial charge on any atom is -0.356 e. The van der Waals surface area contributed by atoms with Gasteiger partial charge in [0, 0.05) is 21.7 Å². The normalized spacial score (nSPS) is 10.5. The number of halogens is 1. The fraction of sp³-hybridized carbons (Fsp3) is 0. The molecule has 3 rings (SSSR count). The summed E-state index contributed by atoms with van der Waals surface area (Å²) in [5, 5.41) is 4.12. The van der Waals surface area contributed by atoms with E-state index in [1.807, 2.05) is 60.7 Å². The van der Waals surface area contributed by atoms with Gasteiger partial charge in [-0.05, 0) is 6.07 Å². The van der Waals surface area contributed by atoms with Crippen molar-refractivity contribution in [2.24, 2.45) is 0 Å². The zero-order valence-electron chi connectivity index (χ0n) is 9.51. The van der Waals surface area contributed by atoms with Gasteiger partial charge in [0.05, 0.1) is 0 Å². The molecule has 3 heteroatoms. The maximum atomic E-state index is 5.39. The van der Waals surface area contributed by atoms with Crippen LogP contribution in [0.3, 0.4) is 0 Å². The van der Waals surface area contributed by atoms with Crippen LogP contribution >= 0.6 is 15.9 Å². The Morgan fingerprint density at radius 1 is 0.889 bits per heavy atom. The quantitative estimate of drug-likeness (QED) is 0.681. The van der Waals surface area contributed by atoms with E-state index in [9.17, 15) is 0 Å². The Morgan fingerprint density at radius 2 is 1.61 bits per heavy atom. The predicted octanol–water partition coefficient (Wildman–Crippen LogP) is 4.77. The topological polar surface area (TPSA) is 26.0 Å². The van der Waals surface area contributed by atoms with E-state index in [0.717, 1.165) is 27.1 Å². The van der Waals surface area contributed by atoms with Crippen LogP contribution in [0.1, 0.15) is 0 Å². The molecular weight excluding hydrogens is 290 g/mol. The lowest BCUT2D eigenvalue weighted by Crippen LogP contribution is -1.77. The molecule has 0 bridgehead atoms. The fourth-order valence-corrected chi connectivity index (χ4v) is 2.30. The second kappa shape index (κ2) is 4.78. The molecule has 0 saturated carbocycles. The van der Waals surface area contributed by atoms with Gasteiger partial charge in [-0.1, -0.05) is 69.6 Å². The van der Waals surface area contributed by atoms with E-state index in [0.29, 0.717) is 0 Å². The molecule has 0 saturated heterocycles. The summed E-state index contributed by atoms with van der Waals surface area (Å²) in [6.07, 6.45) is 0. The van der Waals surface area contributed by atoms with Gasteiger partial charge in [-0.2, -0.15) is 0 Å². The molecule has 1 heterocycles. The van der Waals surface area contributed by atoms with Crippen LogP contribution in [0.2, 0.25) is 0 Å². The van der Waals surface area contributed by atoms with Crippen molar-refractivity contribution < 1.29 is 4.52 Å². The SMILES string of the molecule is Brc1ccccc1-c1cc(-c2ccccc2)on1. The van der Waals surface area contributed by atoms with E-state index in [-0.39, 0.29) is 0 Å². The van der Waals surface area contributed by atoms with E-state index >= 15 is 0 Å². The lowest BCUT2D eigenvalue weighted by molar-refractivity contribution is 0.435. The molecule has 2 nitrogen and oxygen atoms in total. The maximum absolute atomic E-state index is 5.39. The summed E-state index contributed by atoms with van der Waals surface area (Å²) in [4.78, 5) is 0. The number of benzene rings is 2. The summed E-state index contributed by atoms with van der Waals surface area (Å²) in [5.74, 6) is 0.779. The van der Waals surface area contributed by atoms with Gasteiger partial charge in [-0.15, -0.1) is 0 Å². The van der Waals surface area contributed by atoms with Gasteiger partial charge in [0.25, 0.3) is 0 Å². The summed E-state index contributed by atoms with van der Waals surface area (Å²) in [6.45, 7) is 0. The summed E-state index contributed by atoms with van der Waals surface area (Å²) >= 11 is 3.52. The highest BCUT2D eigenvalue weighted by Gasteiger charge is 2.10. The van der Waals surface area contributed by atoms with E-state index in [1.54, 1.807) is 0 Å². The number of hydrogen-bond donors (Lipinski definition) is 0. The molecule has 0 aliphatic carbocycles. The Hall–Kier alpha value is -1.87. The standard InChI is InChI=1S/C15H10BrNO/c16-13-9-5-4-8-12(13)14-10-15(18-17-14)11-6-2-1-3-7-11/h1-10H. The van der Waals surface area contributed by atoms with Crippen LogP contribution in [0.5, 0.6) is 0 Å². The molecule has 0 fully saturated rings. The minimum absolute atomic E-state index is 0.779. The number of aromatic nitrogens is 1. The van der Waals surface area contributed by atoms with Crippen molar-refractivity contribution in [3.63, 3.8) is 0 Å². The van der Waals surface area contributed by atoms with Gasteiger partial charge >= 0.3 is 0 Å². The van der Waals surface area contributed by atoms with Crippen LogP contribution in [-0.2, 0) is 0 Å². The predicted molar refractivity (Wildman–Crippen MR) is 75.1 cm³/mol. The Labute approximate surface area is 113 Å². The van der Waals surface area contributed by atoms with Crippen LogP contribution in [0.25, 0.3) is 22.6 Å². The largest absolute Gasteiger partial charge is 0.356 e. The molecule has 3 aromatic rings. The van der Waals surface area contributed by atoms with Crippen molar-refractivity contribution in [2.75, 3.05) is 0 Å². The minimum atomic E-state index is 0.779. The molecule has 0 spiro atoms. The Balaban J connectivity index is 2.03. The van der Waals surface area contributed by atoms with Gasteiger partial charge in [0.15, 0.2) is 5.76 Å². The van der Waals surface area contributed by atoms with E-state index in [2.05, 4.69) is 21.1 Å². The molecule has 2 aromatic carbocycles. The summed E-state index contributed by atoms with van der Waals surface area (Å²) < 4.78 is 6.40. The zero-order chi connectivity index (χ0) is 12.4. The van der Waals surface area contributed by atoms with Gasteiger partial charge in [0.2, 0.25) is 0 Å². The number of nitrogens with zero attached hydrogens (tertiary/aromatic N) is 1. The Kier molecular flexibility index (Phi) is 2.99. The zero-order valence-corrected chi connectivity index (χ0v) is 11.1. The van der Waals surface area contributed by atoms with Crippen LogP contribution in [0, 0.1) is 0 Å². The van der Waals surface area contributed by atoms with E-state index in [1.165, 1.54) is 0 Å². The molecule has 0 aliphatic heterocycles. The Morgan fingerprint density at radius 3 is 2.39 bits per heavy atom. The van der Waals surface area contributed by atoms with Crippen molar-refractivity contribution in [1.29, 1.82) is 0 Å². The molecule has 0 radical (unpaired) electrons. The van der Waals surface area contributed by atoms with Crippen molar-refractivity contribution in [2.45, 2.75) is 0 Å². The van der Waals surface area contributed by atoms with Gasteiger partial charge < -0.3 is 4.52 Å². The van der Waals surface area contributed by atoms with Gasteiger partial charge in [0.1, 0.15) is 5.69 Å². The van der Waals surface area contributed by atoms with Crippen molar-refractivity contribution in [3.8, 4) is 22.6 Å². The molecule has 0 atom stereocenters. The van der Waals surface area contributed by atoms with E-state index < -0.39 is 0 Å². The average molecular weight is 300 g/mol.